The van der Waals surface area contributed by atoms with Crippen molar-refractivity contribution in [2.45, 2.75) is 25.9 Å². The zero-order valence-electron chi connectivity index (χ0n) is 16.2. The van der Waals surface area contributed by atoms with Gasteiger partial charge in [-0.05, 0) is 13.8 Å². The summed E-state index contributed by atoms with van der Waals surface area (Å²) in [6.45, 7) is 12.4. The lowest BCUT2D eigenvalue weighted by molar-refractivity contribution is -0.127. The molecule has 1 fully saturated rings. The second-order valence-electron chi connectivity index (χ2n) is 6.43. The van der Waals surface area contributed by atoms with Crippen LogP contribution in [0.15, 0.2) is 17.6 Å². The fraction of sp³-hybridized carbons (Fsp3) is 0.765. The molecule has 0 radical (unpaired) electrons. The van der Waals surface area contributed by atoms with Gasteiger partial charge in [-0.25, -0.2) is 4.99 Å². The summed E-state index contributed by atoms with van der Waals surface area (Å²) in [5.41, 5.74) is 0. The van der Waals surface area contributed by atoms with Gasteiger partial charge in [-0.2, -0.15) is 0 Å². The predicted octanol–water partition coefficient (Wildman–Crippen LogP) is 0.865. The first-order valence-corrected chi connectivity index (χ1v) is 8.49. The number of rotatable bonds is 7. The standard InChI is InChI=1S/C17H33N5O2.HI/c1-7-8-18-17(19-11-16(23)20(4)5)21-12-14(2)22(9-10-24-6)15(3)13-21;/h7,14-15H,1,8-13H2,2-6H3,(H,18,19);1H. The number of guanidine groups is 1. The number of piperazine rings is 1. The van der Waals surface area contributed by atoms with Gasteiger partial charge in [-0.3, -0.25) is 9.69 Å². The quantitative estimate of drug-likeness (QED) is 0.261. The molecule has 2 atom stereocenters. The van der Waals surface area contributed by atoms with Crippen molar-refractivity contribution in [3.63, 3.8) is 0 Å². The molecule has 1 N–H and O–H groups in total. The second kappa shape index (κ2) is 12.5. The van der Waals surface area contributed by atoms with E-state index in [1.54, 1.807) is 32.2 Å². The van der Waals surface area contributed by atoms with E-state index in [0.717, 1.165) is 32.2 Å². The first-order valence-electron chi connectivity index (χ1n) is 8.49. The first kappa shape index (κ1) is 24.1. The van der Waals surface area contributed by atoms with E-state index in [2.05, 4.69) is 40.5 Å². The number of halogens is 1. The molecule has 1 rings (SSSR count). The van der Waals surface area contributed by atoms with Crippen molar-refractivity contribution in [3.05, 3.63) is 12.7 Å². The number of nitrogens with zero attached hydrogens (tertiary/aromatic N) is 4. The van der Waals surface area contributed by atoms with E-state index in [1.807, 2.05) is 0 Å². The number of carbonyl (C=O) groups is 1. The smallest absolute Gasteiger partial charge is 0.243 e. The Hall–Kier alpha value is -0.870. The molecule has 7 nitrogen and oxygen atoms in total. The van der Waals surface area contributed by atoms with Crippen LogP contribution in [0, 0.1) is 0 Å². The third-order valence-electron chi connectivity index (χ3n) is 4.22. The van der Waals surface area contributed by atoms with Crippen molar-refractivity contribution in [1.29, 1.82) is 0 Å². The number of hydrogen-bond acceptors (Lipinski definition) is 4. The Balaban J connectivity index is 0.00000576. The van der Waals surface area contributed by atoms with E-state index < -0.39 is 0 Å². The highest BCUT2D eigenvalue weighted by Gasteiger charge is 2.30. The number of nitrogens with one attached hydrogen (secondary N) is 1. The lowest BCUT2D eigenvalue weighted by Crippen LogP contribution is -2.60. The van der Waals surface area contributed by atoms with Gasteiger partial charge in [0.1, 0.15) is 6.54 Å². The maximum Gasteiger partial charge on any atom is 0.243 e. The fourth-order valence-electron chi connectivity index (χ4n) is 2.88. The lowest BCUT2D eigenvalue weighted by Gasteiger charge is -2.45. The number of carbonyl (C=O) groups excluding carboxylic acids is 1. The Morgan fingerprint density at radius 1 is 1.36 bits per heavy atom. The van der Waals surface area contributed by atoms with Gasteiger partial charge in [0.25, 0.3) is 0 Å². The SMILES string of the molecule is C=CCNC(=NCC(=O)N(C)C)N1CC(C)N(CCOC)C(C)C1.I. The molecule has 0 saturated carbocycles. The predicted molar refractivity (Wildman–Crippen MR) is 114 cm³/mol. The molecular formula is C17H34IN5O2. The normalized spacial score (nSPS) is 21.5. The summed E-state index contributed by atoms with van der Waals surface area (Å²) < 4.78 is 5.21. The largest absolute Gasteiger partial charge is 0.383 e. The van der Waals surface area contributed by atoms with Crippen LogP contribution in [0.25, 0.3) is 0 Å². The molecule has 1 saturated heterocycles. The average Bonchev–Trinajstić information content (AvgIpc) is 2.53. The van der Waals surface area contributed by atoms with Gasteiger partial charge < -0.3 is 19.9 Å². The maximum atomic E-state index is 11.8. The van der Waals surface area contributed by atoms with Crippen LogP contribution in [0.1, 0.15) is 13.8 Å². The van der Waals surface area contributed by atoms with Gasteiger partial charge >= 0.3 is 0 Å². The molecule has 25 heavy (non-hydrogen) atoms. The Kier molecular flexibility index (Phi) is 12.0. The van der Waals surface area contributed by atoms with E-state index in [1.165, 1.54) is 0 Å². The second-order valence-corrected chi connectivity index (χ2v) is 6.43. The highest BCUT2D eigenvalue weighted by molar-refractivity contribution is 14.0. The highest BCUT2D eigenvalue weighted by atomic mass is 127. The molecule has 146 valence electrons. The summed E-state index contributed by atoms with van der Waals surface area (Å²) in [6, 6.07) is 0.786. The summed E-state index contributed by atoms with van der Waals surface area (Å²) in [5, 5.41) is 3.28. The van der Waals surface area contributed by atoms with Gasteiger partial charge in [-0.15, -0.1) is 30.6 Å². The molecule has 1 aliphatic heterocycles. The minimum absolute atomic E-state index is 0. The summed E-state index contributed by atoms with van der Waals surface area (Å²) >= 11 is 0. The van der Waals surface area contributed by atoms with E-state index >= 15 is 0 Å². The van der Waals surface area contributed by atoms with Crippen molar-refractivity contribution < 1.29 is 9.53 Å². The van der Waals surface area contributed by atoms with Crippen LogP contribution < -0.4 is 5.32 Å². The Morgan fingerprint density at radius 3 is 2.44 bits per heavy atom. The zero-order chi connectivity index (χ0) is 18.1. The number of methoxy groups -OCH3 is 1. The molecule has 0 aromatic carbocycles. The van der Waals surface area contributed by atoms with Crippen molar-refractivity contribution in [1.82, 2.24) is 20.0 Å². The van der Waals surface area contributed by atoms with Gasteiger partial charge in [-0.1, -0.05) is 6.08 Å². The van der Waals surface area contributed by atoms with E-state index in [-0.39, 0.29) is 36.4 Å². The maximum absolute atomic E-state index is 11.8. The molecule has 1 amide bonds. The topological polar surface area (TPSA) is 60.4 Å². The number of ether oxygens (including phenoxy) is 1. The highest BCUT2D eigenvalue weighted by Crippen LogP contribution is 2.15. The molecule has 0 aliphatic carbocycles. The molecule has 1 heterocycles. The fourth-order valence-corrected chi connectivity index (χ4v) is 2.88. The third kappa shape index (κ3) is 7.91. The Morgan fingerprint density at radius 2 is 1.96 bits per heavy atom. The van der Waals surface area contributed by atoms with Crippen LogP contribution in [-0.4, -0.2) is 99.2 Å². The van der Waals surface area contributed by atoms with Gasteiger partial charge in [0.05, 0.1) is 6.61 Å². The van der Waals surface area contributed by atoms with Crippen molar-refractivity contribution in [2.24, 2.45) is 4.99 Å². The molecular weight excluding hydrogens is 433 g/mol. The molecule has 1 aliphatic rings. The van der Waals surface area contributed by atoms with Gasteiger partial charge in [0.2, 0.25) is 5.91 Å². The summed E-state index contributed by atoms with van der Waals surface area (Å²) in [7, 11) is 5.22. The van der Waals surface area contributed by atoms with Gasteiger partial charge in [0, 0.05) is 59.5 Å². The third-order valence-corrected chi connectivity index (χ3v) is 4.22. The molecule has 8 heteroatoms. The Labute approximate surface area is 169 Å². The molecule has 0 aromatic rings. The molecule has 0 bridgehead atoms. The van der Waals surface area contributed by atoms with Crippen LogP contribution in [0.3, 0.4) is 0 Å². The minimum Gasteiger partial charge on any atom is -0.383 e. The average molecular weight is 467 g/mol. The number of likely N-dealkylation sites (N-methyl/N-ethyl adjacent to an activating group) is 1. The van der Waals surface area contributed by atoms with Crippen LogP contribution in [0.5, 0.6) is 0 Å². The van der Waals surface area contributed by atoms with E-state index in [9.17, 15) is 4.79 Å². The lowest BCUT2D eigenvalue weighted by atomic mass is 10.1. The zero-order valence-corrected chi connectivity index (χ0v) is 18.5. The summed E-state index contributed by atoms with van der Waals surface area (Å²) in [4.78, 5) is 22.6. The van der Waals surface area contributed by atoms with Crippen LogP contribution in [0.4, 0.5) is 0 Å². The van der Waals surface area contributed by atoms with Gasteiger partial charge in [0.15, 0.2) is 5.96 Å². The molecule has 2 unspecified atom stereocenters. The monoisotopic (exact) mass is 467 g/mol. The summed E-state index contributed by atoms with van der Waals surface area (Å²) in [5.74, 6) is 0.767. The van der Waals surface area contributed by atoms with Crippen LogP contribution in [0.2, 0.25) is 0 Å². The summed E-state index contributed by atoms with van der Waals surface area (Å²) in [6.07, 6.45) is 1.80. The number of hydrogen-bond donors (Lipinski definition) is 1. The van der Waals surface area contributed by atoms with E-state index in [4.69, 9.17) is 4.74 Å². The Bertz CT molecular complexity index is 433. The van der Waals surface area contributed by atoms with Crippen LogP contribution >= 0.6 is 24.0 Å². The number of amides is 1. The van der Waals surface area contributed by atoms with Crippen molar-refractivity contribution >= 4 is 35.8 Å². The van der Waals surface area contributed by atoms with Crippen LogP contribution in [-0.2, 0) is 9.53 Å². The number of aliphatic imine (C=N–C) groups is 1. The van der Waals surface area contributed by atoms with Crippen molar-refractivity contribution in [3.8, 4) is 0 Å². The first-order chi connectivity index (χ1) is 11.4. The van der Waals surface area contributed by atoms with E-state index in [0.29, 0.717) is 18.6 Å². The minimum atomic E-state index is -0.00673. The molecule has 0 aromatic heterocycles. The van der Waals surface area contributed by atoms with Crippen molar-refractivity contribution in [2.75, 3.05) is 60.5 Å². The molecule has 0 spiro atoms.